The maximum absolute atomic E-state index is 6.62. The highest BCUT2D eigenvalue weighted by molar-refractivity contribution is 5.40. The van der Waals surface area contributed by atoms with Crippen molar-refractivity contribution >= 4 is 0 Å². The molecule has 1 heterocycles. The third-order valence-corrected chi connectivity index (χ3v) is 5.20. The predicted octanol–water partition coefficient (Wildman–Crippen LogP) is 2.99. The minimum atomic E-state index is 0.136. The minimum absolute atomic E-state index is 0.136. The van der Waals surface area contributed by atoms with Gasteiger partial charge in [-0.25, -0.2) is 0 Å². The van der Waals surface area contributed by atoms with Gasteiger partial charge in [0, 0.05) is 25.2 Å². The molecule has 1 saturated heterocycles. The molecule has 3 heteroatoms. The molecule has 4 unspecified atom stereocenters. The van der Waals surface area contributed by atoms with Crippen molar-refractivity contribution in [2.24, 2.45) is 17.6 Å². The number of benzene rings is 1. The topological polar surface area (TPSA) is 38.5 Å². The summed E-state index contributed by atoms with van der Waals surface area (Å²) < 4.78 is 5.34. The van der Waals surface area contributed by atoms with Crippen LogP contribution >= 0.6 is 0 Å². The first-order valence-corrected chi connectivity index (χ1v) is 8.25. The number of piperidine rings is 1. The molecule has 21 heavy (non-hydrogen) atoms. The van der Waals surface area contributed by atoms with Crippen molar-refractivity contribution in [2.45, 2.75) is 45.2 Å². The van der Waals surface area contributed by atoms with Crippen LogP contribution in [0.25, 0.3) is 0 Å². The smallest absolute Gasteiger partial charge is 0.119 e. The van der Waals surface area contributed by atoms with Crippen molar-refractivity contribution in [3.63, 3.8) is 0 Å². The number of nitrogens with zero attached hydrogens (tertiary/aromatic N) is 1. The lowest BCUT2D eigenvalue weighted by molar-refractivity contribution is 0.0741. The molecule has 4 atom stereocenters. The van der Waals surface area contributed by atoms with Crippen LogP contribution in [0.15, 0.2) is 18.2 Å². The van der Waals surface area contributed by atoms with Gasteiger partial charge in [0.05, 0.1) is 7.11 Å². The van der Waals surface area contributed by atoms with Crippen molar-refractivity contribution in [2.75, 3.05) is 20.2 Å². The number of hydrogen-bond donors (Lipinski definition) is 1. The van der Waals surface area contributed by atoms with Gasteiger partial charge < -0.3 is 10.5 Å². The van der Waals surface area contributed by atoms with Gasteiger partial charge in [0.2, 0.25) is 0 Å². The molecule has 0 radical (unpaired) electrons. The minimum Gasteiger partial charge on any atom is -0.497 e. The number of aryl methyl sites for hydroxylation is 1. The second-order valence-corrected chi connectivity index (χ2v) is 7.10. The van der Waals surface area contributed by atoms with Crippen LogP contribution in [0.5, 0.6) is 5.75 Å². The molecule has 116 valence electrons. The van der Waals surface area contributed by atoms with E-state index in [-0.39, 0.29) is 6.04 Å². The molecule has 2 aliphatic rings. The molecule has 1 aliphatic heterocycles. The van der Waals surface area contributed by atoms with E-state index in [2.05, 4.69) is 30.9 Å². The van der Waals surface area contributed by atoms with Gasteiger partial charge in [-0.15, -0.1) is 0 Å². The van der Waals surface area contributed by atoms with Gasteiger partial charge in [-0.05, 0) is 54.4 Å². The SMILES string of the molecule is COc1ccc2c(c1)CCC(N1CC(C)CC(C)C1)C2N. The number of likely N-dealkylation sites (tertiary alicyclic amines) is 1. The Balaban J connectivity index is 1.80. The van der Waals surface area contributed by atoms with Crippen LogP contribution in [0.2, 0.25) is 0 Å². The highest BCUT2D eigenvalue weighted by Gasteiger charge is 2.34. The predicted molar refractivity (Wildman–Crippen MR) is 86.5 cm³/mol. The molecule has 0 bridgehead atoms. The van der Waals surface area contributed by atoms with Gasteiger partial charge in [-0.1, -0.05) is 19.9 Å². The van der Waals surface area contributed by atoms with Gasteiger partial charge in [-0.3, -0.25) is 4.90 Å². The summed E-state index contributed by atoms with van der Waals surface area (Å²) in [5.74, 6) is 2.52. The van der Waals surface area contributed by atoms with Gasteiger partial charge in [-0.2, -0.15) is 0 Å². The lowest BCUT2D eigenvalue weighted by atomic mass is 9.81. The van der Waals surface area contributed by atoms with E-state index in [1.54, 1.807) is 7.11 Å². The molecular weight excluding hydrogens is 260 g/mol. The molecule has 1 fully saturated rings. The molecule has 0 spiro atoms. The molecular formula is C18H28N2O. The van der Waals surface area contributed by atoms with Gasteiger partial charge in [0.1, 0.15) is 5.75 Å². The largest absolute Gasteiger partial charge is 0.497 e. The summed E-state index contributed by atoms with van der Waals surface area (Å²) in [6.07, 6.45) is 3.64. The molecule has 0 saturated carbocycles. The van der Waals surface area contributed by atoms with Crippen LogP contribution in [-0.4, -0.2) is 31.1 Å². The van der Waals surface area contributed by atoms with Gasteiger partial charge in [0.15, 0.2) is 0 Å². The van der Waals surface area contributed by atoms with Crippen LogP contribution in [0.3, 0.4) is 0 Å². The second kappa shape index (κ2) is 5.98. The van der Waals surface area contributed by atoms with E-state index >= 15 is 0 Å². The number of methoxy groups -OCH3 is 1. The zero-order chi connectivity index (χ0) is 15.0. The summed E-state index contributed by atoms with van der Waals surface area (Å²) >= 11 is 0. The van der Waals surface area contributed by atoms with E-state index in [4.69, 9.17) is 10.5 Å². The molecule has 3 rings (SSSR count). The molecule has 0 amide bonds. The quantitative estimate of drug-likeness (QED) is 0.909. The normalized spacial score (nSPS) is 33.5. The first-order chi connectivity index (χ1) is 10.1. The second-order valence-electron chi connectivity index (χ2n) is 7.10. The van der Waals surface area contributed by atoms with E-state index in [1.807, 2.05) is 6.07 Å². The molecule has 1 aromatic carbocycles. The Kier molecular flexibility index (Phi) is 4.23. The highest BCUT2D eigenvalue weighted by atomic mass is 16.5. The van der Waals surface area contributed by atoms with E-state index in [9.17, 15) is 0 Å². The van der Waals surface area contributed by atoms with Crippen LogP contribution in [0.4, 0.5) is 0 Å². The van der Waals surface area contributed by atoms with Gasteiger partial charge in [0.25, 0.3) is 0 Å². The maximum atomic E-state index is 6.62. The summed E-state index contributed by atoms with van der Waals surface area (Å²) in [4.78, 5) is 2.65. The zero-order valence-electron chi connectivity index (χ0n) is 13.5. The third kappa shape index (κ3) is 2.95. The lowest BCUT2D eigenvalue weighted by Crippen LogP contribution is -2.50. The first-order valence-electron chi connectivity index (χ1n) is 8.25. The van der Waals surface area contributed by atoms with Crippen molar-refractivity contribution in [3.05, 3.63) is 29.3 Å². The van der Waals surface area contributed by atoms with E-state index < -0.39 is 0 Å². The van der Waals surface area contributed by atoms with Crippen molar-refractivity contribution in [1.82, 2.24) is 4.90 Å². The standard InChI is InChI=1S/C18H28N2O/c1-12-8-13(2)11-20(10-12)17-7-4-14-9-15(21-3)5-6-16(14)18(17)19/h5-6,9,12-13,17-18H,4,7-8,10-11,19H2,1-3H3. The molecule has 2 N–H and O–H groups in total. The van der Waals surface area contributed by atoms with Gasteiger partial charge >= 0.3 is 0 Å². The Morgan fingerprint density at radius 3 is 2.57 bits per heavy atom. The summed E-state index contributed by atoms with van der Waals surface area (Å²) in [6.45, 7) is 7.15. The van der Waals surface area contributed by atoms with Crippen LogP contribution in [-0.2, 0) is 6.42 Å². The van der Waals surface area contributed by atoms with Crippen LogP contribution in [0.1, 0.15) is 43.9 Å². The highest BCUT2D eigenvalue weighted by Crippen LogP contribution is 2.35. The van der Waals surface area contributed by atoms with E-state index in [0.29, 0.717) is 6.04 Å². The average molecular weight is 288 g/mol. The average Bonchev–Trinajstić information content (AvgIpc) is 2.46. The summed E-state index contributed by atoms with van der Waals surface area (Å²) in [7, 11) is 1.73. The van der Waals surface area contributed by atoms with Crippen LogP contribution in [0, 0.1) is 11.8 Å². The third-order valence-electron chi connectivity index (χ3n) is 5.20. The lowest BCUT2D eigenvalue weighted by Gasteiger charge is -2.44. The molecule has 0 aromatic heterocycles. The van der Waals surface area contributed by atoms with Crippen molar-refractivity contribution in [3.8, 4) is 5.75 Å². The Hall–Kier alpha value is -1.06. The number of nitrogens with two attached hydrogens (primary N) is 1. The molecule has 1 aromatic rings. The Morgan fingerprint density at radius 2 is 1.90 bits per heavy atom. The summed E-state index contributed by atoms with van der Waals surface area (Å²) in [5.41, 5.74) is 9.31. The summed E-state index contributed by atoms with van der Waals surface area (Å²) in [5, 5.41) is 0. The number of ether oxygens (including phenoxy) is 1. The fourth-order valence-electron chi connectivity index (χ4n) is 4.33. The number of rotatable bonds is 2. The Labute approximate surface area is 128 Å². The Bertz CT molecular complexity index is 492. The molecule has 1 aliphatic carbocycles. The zero-order valence-corrected chi connectivity index (χ0v) is 13.5. The maximum Gasteiger partial charge on any atom is 0.119 e. The number of fused-ring (bicyclic) bond motifs is 1. The number of hydrogen-bond acceptors (Lipinski definition) is 3. The fourth-order valence-corrected chi connectivity index (χ4v) is 4.33. The van der Waals surface area contributed by atoms with Crippen molar-refractivity contribution in [1.29, 1.82) is 0 Å². The first kappa shape index (κ1) is 14.9. The summed E-state index contributed by atoms with van der Waals surface area (Å²) in [6, 6.07) is 7.00. The van der Waals surface area contributed by atoms with E-state index in [0.717, 1.165) is 24.0 Å². The van der Waals surface area contributed by atoms with E-state index in [1.165, 1.54) is 37.1 Å². The molecule has 3 nitrogen and oxygen atoms in total. The van der Waals surface area contributed by atoms with Crippen LogP contribution < -0.4 is 10.5 Å². The monoisotopic (exact) mass is 288 g/mol. The fraction of sp³-hybridized carbons (Fsp3) is 0.667. The van der Waals surface area contributed by atoms with Crippen molar-refractivity contribution < 1.29 is 4.74 Å². The Morgan fingerprint density at radius 1 is 1.19 bits per heavy atom.